The van der Waals surface area contributed by atoms with Crippen LogP contribution in [0.5, 0.6) is 0 Å². The van der Waals surface area contributed by atoms with E-state index in [0.29, 0.717) is 12.4 Å². The van der Waals surface area contributed by atoms with Gasteiger partial charge in [0.25, 0.3) is 0 Å². The Hall–Kier alpha value is -3.84. The number of nitrogens with zero attached hydrogens (tertiary/aromatic N) is 4. The SMILES string of the molecule is NCc1ccc(Nc2nc3c(-c4nnc[nH]4)cccc3c3cnccc23)cc1. The van der Waals surface area contributed by atoms with Crippen molar-refractivity contribution in [3.05, 3.63) is 72.8 Å². The standard InChI is InChI=1S/C21H17N7/c22-10-13-4-6-14(7-5-13)26-21-16-8-9-23-11-18(16)15-2-1-3-17(19(15)27-21)20-24-12-25-28-20/h1-9,11-12H,10,22H2,(H,26,27)(H,24,25,28). The van der Waals surface area contributed by atoms with Gasteiger partial charge in [-0.1, -0.05) is 24.3 Å². The fourth-order valence-corrected chi connectivity index (χ4v) is 3.35. The van der Waals surface area contributed by atoms with E-state index in [-0.39, 0.29) is 0 Å². The molecule has 0 unspecified atom stereocenters. The average molecular weight is 367 g/mol. The van der Waals surface area contributed by atoms with E-state index in [0.717, 1.165) is 44.3 Å². The van der Waals surface area contributed by atoms with Gasteiger partial charge in [0.05, 0.1) is 5.52 Å². The number of hydrogen-bond donors (Lipinski definition) is 3. The summed E-state index contributed by atoms with van der Waals surface area (Å²) in [5, 5.41) is 14.5. The molecule has 5 aromatic rings. The first-order valence-electron chi connectivity index (χ1n) is 8.92. The third-order valence-corrected chi connectivity index (χ3v) is 4.75. The Kier molecular flexibility index (Phi) is 3.92. The van der Waals surface area contributed by atoms with Crippen LogP contribution in [0.1, 0.15) is 5.56 Å². The summed E-state index contributed by atoms with van der Waals surface area (Å²) in [6.07, 6.45) is 5.21. The first kappa shape index (κ1) is 16.3. The zero-order chi connectivity index (χ0) is 18.9. The highest BCUT2D eigenvalue weighted by Crippen LogP contribution is 2.34. The number of nitrogens with two attached hydrogens (primary N) is 1. The Morgan fingerprint density at radius 2 is 1.86 bits per heavy atom. The fourth-order valence-electron chi connectivity index (χ4n) is 3.35. The Labute approximate surface area is 160 Å². The van der Waals surface area contributed by atoms with E-state index < -0.39 is 0 Å². The van der Waals surface area contributed by atoms with Crippen LogP contribution in [-0.4, -0.2) is 25.1 Å². The number of rotatable bonds is 4. The van der Waals surface area contributed by atoms with Gasteiger partial charge in [-0.05, 0) is 29.8 Å². The molecule has 0 saturated heterocycles. The van der Waals surface area contributed by atoms with Gasteiger partial charge in [-0.25, -0.2) is 4.98 Å². The number of fused-ring (bicyclic) bond motifs is 3. The lowest BCUT2D eigenvalue weighted by molar-refractivity contribution is 1.07. The Bertz CT molecular complexity index is 1260. The van der Waals surface area contributed by atoms with Crippen molar-refractivity contribution in [2.75, 3.05) is 5.32 Å². The average Bonchev–Trinajstić information content (AvgIpc) is 3.29. The summed E-state index contributed by atoms with van der Waals surface area (Å²) < 4.78 is 0. The van der Waals surface area contributed by atoms with Crippen molar-refractivity contribution >= 4 is 33.2 Å². The van der Waals surface area contributed by atoms with Gasteiger partial charge in [0.1, 0.15) is 12.1 Å². The van der Waals surface area contributed by atoms with Crippen LogP contribution >= 0.6 is 0 Å². The van der Waals surface area contributed by atoms with Gasteiger partial charge in [0, 0.05) is 46.3 Å². The zero-order valence-corrected chi connectivity index (χ0v) is 14.9. The van der Waals surface area contributed by atoms with E-state index in [1.165, 1.54) is 0 Å². The van der Waals surface area contributed by atoms with E-state index >= 15 is 0 Å². The lowest BCUT2D eigenvalue weighted by Gasteiger charge is -2.13. The molecule has 0 spiro atoms. The van der Waals surface area contributed by atoms with Gasteiger partial charge in [-0.2, -0.15) is 0 Å². The van der Waals surface area contributed by atoms with Crippen molar-refractivity contribution in [2.45, 2.75) is 6.54 Å². The number of para-hydroxylation sites is 1. The number of benzene rings is 2. The molecular formula is C21H17N7. The molecule has 28 heavy (non-hydrogen) atoms. The maximum atomic E-state index is 5.70. The normalized spacial score (nSPS) is 11.2. The minimum absolute atomic E-state index is 0.518. The van der Waals surface area contributed by atoms with Crippen molar-refractivity contribution in [1.29, 1.82) is 0 Å². The second kappa shape index (κ2) is 6.71. The molecule has 0 aliphatic heterocycles. The van der Waals surface area contributed by atoms with Crippen LogP contribution in [0.25, 0.3) is 33.1 Å². The summed E-state index contributed by atoms with van der Waals surface area (Å²) >= 11 is 0. The van der Waals surface area contributed by atoms with Crippen LogP contribution in [0, 0.1) is 0 Å². The van der Waals surface area contributed by atoms with Crippen molar-refractivity contribution in [3.8, 4) is 11.4 Å². The summed E-state index contributed by atoms with van der Waals surface area (Å²) in [7, 11) is 0. The number of H-pyrrole nitrogens is 1. The number of pyridine rings is 2. The molecule has 2 aromatic carbocycles. The Balaban J connectivity index is 1.73. The molecule has 0 aliphatic rings. The van der Waals surface area contributed by atoms with Crippen LogP contribution in [0.15, 0.2) is 67.3 Å². The molecule has 0 amide bonds. The Morgan fingerprint density at radius 3 is 2.64 bits per heavy atom. The third-order valence-electron chi connectivity index (χ3n) is 4.75. The van der Waals surface area contributed by atoms with Crippen LogP contribution in [-0.2, 0) is 6.54 Å². The molecule has 136 valence electrons. The summed E-state index contributed by atoms with van der Waals surface area (Å²) in [4.78, 5) is 12.3. The molecule has 0 radical (unpaired) electrons. The van der Waals surface area contributed by atoms with E-state index in [1.54, 1.807) is 12.5 Å². The van der Waals surface area contributed by atoms with Gasteiger partial charge in [0.15, 0.2) is 5.82 Å². The highest BCUT2D eigenvalue weighted by atomic mass is 15.2. The fraction of sp³-hybridized carbons (Fsp3) is 0.0476. The number of aromatic amines is 1. The third kappa shape index (κ3) is 2.74. The molecule has 3 aromatic heterocycles. The van der Waals surface area contributed by atoms with Gasteiger partial charge < -0.3 is 16.0 Å². The number of hydrogen-bond acceptors (Lipinski definition) is 6. The molecule has 0 saturated carbocycles. The molecule has 7 heteroatoms. The summed E-state index contributed by atoms with van der Waals surface area (Å²) in [6, 6.07) is 16.0. The molecule has 4 N–H and O–H groups in total. The van der Waals surface area contributed by atoms with Crippen molar-refractivity contribution < 1.29 is 0 Å². The van der Waals surface area contributed by atoms with Crippen LogP contribution < -0.4 is 11.1 Å². The van der Waals surface area contributed by atoms with Crippen molar-refractivity contribution in [3.63, 3.8) is 0 Å². The minimum atomic E-state index is 0.518. The molecule has 5 rings (SSSR count). The van der Waals surface area contributed by atoms with Crippen LogP contribution in [0.4, 0.5) is 11.5 Å². The maximum absolute atomic E-state index is 5.70. The molecule has 3 heterocycles. The van der Waals surface area contributed by atoms with E-state index in [9.17, 15) is 0 Å². The highest BCUT2D eigenvalue weighted by molar-refractivity contribution is 6.13. The summed E-state index contributed by atoms with van der Waals surface area (Å²) in [5.74, 6) is 1.44. The smallest absolute Gasteiger partial charge is 0.163 e. The lowest BCUT2D eigenvalue weighted by atomic mass is 10.0. The minimum Gasteiger partial charge on any atom is -0.340 e. The van der Waals surface area contributed by atoms with E-state index in [4.69, 9.17) is 10.7 Å². The molecule has 7 nitrogen and oxygen atoms in total. The Morgan fingerprint density at radius 1 is 0.964 bits per heavy atom. The molecule has 0 bridgehead atoms. The van der Waals surface area contributed by atoms with Gasteiger partial charge in [0.2, 0.25) is 0 Å². The predicted octanol–water partition coefficient (Wildman–Crippen LogP) is 3.77. The summed E-state index contributed by atoms with van der Waals surface area (Å²) in [6.45, 7) is 0.518. The molecular weight excluding hydrogens is 350 g/mol. The molecule has 0 atom stereocenters. The maximum Gasteiger partial charge on any atom is 0.163 e. The monoisotopic (exact) mass is 367 g/mol. The number of nitrogens with one attached hydrogen (secondary N) is 2. The lowest BCUT2D eigenvalue weighted by Crippen LogP contribution is -1.99. The molecule has 0 fully saturated rings. The first-order valence-corrected chi connectivity index (χ1v) is 8.92. The van der Waals surface area contributed by atoms with Crippen molar-refractivity contribution in [2.24, 2.45) is 5.73 Å². The zero-order valence-electron chi connectivity index (χ0n) is 14.9. The van der Waals surface area contributed by atoms with E-state index in [2.05, 4.69) is 25.5 Å². The largest absolute Gasteiger partial charge is 0.340 e. The van der Waals surface area contributed by atoms with Crippen LogP contribution in [0.2, 0.25) is 0 Å². The number of aromatic nitrogens is 5. The quantitative estimate of drug-likeness (QED) is 0.418. The first-order chi connectivity index (χ1) is 13.8. The van der Waals surface area contributed by atoms with E-state index in [1.807, 2.05) is 54.7 Å². The second-order valence-electron chi connectivity index (χ2n) is 6.45. The van der Waals surface area contributed by atoms with Gasteiger partial charge >= 0.3 is 0 Å². The number of anilines is 2. The summed E-state index contributed by atoms with van der Waals surface area (Å²) in [5.41, 5.74) is 9.45. The topological polar surface area (TPSA) is 105 Å². The van der Waals surface area contributed by atoms with Crippen LogP contribution in [0.3, 0.4) is 0 Å². The predicted molar refractivity (Wildman–Crippen MR) is 110 cm³/mol. The molecule has 0 aliphatic carbocycles. The van der Waals surface area contributed by atoms with Gasteiger partial charge in [-0.15, -0.1) is 10.2 Å². The van der Waals surface area contributed by atoms with Crippen molar-refractivity contribution in [1.82, 2.24) is 25.1 Å². The highest BCUT2D eigenvalue weighted by Gasteiger charge is 2.14. The van der Waals surface area contributed by atoms with Gasteiger partial charge in [-0.3, -0.25) is 4.98 Å². The second-order valence-corrected chi connectivity index (χ2v) is 6.45.